The molecule has 0 bridgehead atoms. The van der Waals surface area contributed by atoms with Crippen molar-refractivity contribution in [1.82, 2.24) is 14.5 Å². The molecule has 1 atom stereocenters. The molecular weight excluding hydrogens is 348 g/mol. The first-order valence-corrected chi connectivity index (χ1v) is 9.82. The average Bonchev–Trinajstić information content (AvgIpc) is 3.33. The summed E-state index contributed by atoms with van der Waals surface area (Å²) in [5.74, 6) is 1.43. The number of aryl methyl sites for hydroxylation is 1. The summed E-state index contributed by atoms with van der Waals surface area (Å²) in [5.41, 5.74) is 1.73. The van der Waals surface area contributed by atoms with E-state index in [0.29, 0.717) is 16.5 Å². The molecule has 6 heteroatoms. The number of carbonyl (C=O) groups is 1. The Bertz CT molecular complexity index is 797. The Kier molecular flexibility index (Phi) is 4.90. The second kappa shape index (κ2) is 7.31. The zero-order valence-corrected chi connectivity index (χ0v) is 16.0. The maximum Gasteiger partial charge on any atom is 0.253 e. The van der Waals surface area contributed by atoms with Gasteiger partial charge in [0.15, 0.2) is 0 Å². The standard InChI is InChI=1S/C20H25ClN4O/c1-23-12-8-22-19(23)16-5-4-11-25(14-16)20(26)15-6-7-18(17(21)13-15)24-9-2-3-10-24/h6-8,12-13,16H,2-5,9-11,14H2,1H3/t16-/m0/s1. The lowest BCUT2D eigenvalue weighted by Gasteiger charge is -2.32. The van der Waals surface area contributed by atoms with E-state index in [9.17, 15) is 4.79 Å². The summed E-state index contributed by atoms with van der Waals surface area (Å²) in [7, 11) is 2.01. The maximum absolute atomic E-state index is 13.0. The van der Waals surface area contributed by atoms with Crippen molar-refractivity contribution < 1.29 is 4.79 Å². The molecule has 1 aromatic heterocycles. The van der Waals surface area contributed by atoms with Crippen molar-refractivity contribution in [3.05, 3.63) is 47.0 Å². The monoisotopic (exact) mass is 372 g/mol. The predicted molar refractivity (Wildman–Crippen MR) is 104 cm³/mol. The van der Waals surface area contributed by atoms with Gasteiger partial charge in [0, 0.05) is 57.1 Å². The highest BCUT2D eigenvalue weighted by Gasteiger charge is 2.28. The average molecular weight is 373 g/mol. The number of imidazole rings is 1. The smallest absolute Gasteiger partial charge is 0.253 e. The molecule has 0 unspecified atom stereocenters. The number of piperidine rings is 1. The lowest BCUT2D eigenvalue weighted by Crippen LogP contribution is -2.39. The van der Waals surface area contributed by atoms with E-state index in [2.05, 4.69) is 14.5 Å². The molecule has 0 radical (unpaired) electrons. The minimum absolute atomic E-state index is 0.0683. The van der Waals surface area contributed by atoms with Gasteiger partial charge < -0.3 is 14.4 Å². The molecular formula is C20H25ClN4O. The number of benzene rings is 1. The van der Waals surface area contributed by atoms with Gasteiger partial charge in [-0.25, -0.2) is 4.98 Å². The van der Waals surface area contributed by atoms with Crippen molar-refractivity contribution in [1.29, 1.82) is 0 Å². The van der Waals surface area contributed by atoms with Crippen LogP contribution in [-0.2, 0) is 7.05 Å². The van der Waals surface area contributed by atoms with Gasteiger partial charge in [-0.3, -0.25) is 4.79 Å². The maximum atomic E-state index is 13.0. The van der Waals surface area contributed by atoms with Crippen molar-refractivity contribution in [2.75, 3.05) is 31.1 Å². The molecule has 0 aliphatic carbocycles. The van der Waals surface area contributed by atoms with Crippen molar-refractivity contribution in [2.45, 2.75) is 31.6 Å². The van der Waals surface area contributed by atoms with Crippen molar-refractivity contribution >= 4 is 23.2 Å². The highest BCUT2D eigenvalue weighted by atomic mass is 35.5. The molecule has 1 amide bonds. The molecule has 0 saturated carbocycles. The van der Waals surface area contributed by atoms with E-state index in [4.69, 9.17) is 11.6 Å². The summed E-state index contributed by atoms with van der Waals surface area (Å²) in [6.45, 7) is 3.61. The van der Waals surface area contributed by atoms with Gasteiger partial charge in [0.1, 0.15) is 5.82 Å². The summed E-state index contributed by atoms with van der Waals surface area (Å²) in [4.78, 5) is 21.7. The molecule has 2 aliphatic heterocycles. The minimum Gasteiger partial charge on any atom is -0.370 e. The SMILES string of the molecule is Cn1ccnc1[C@H]1CCCN(C(=O)c2ccc(N3CCCC3)c(Cl)c2)C1. The number of halogens is 1. The number of likely N-dealkylation sites (tertiary alicyclic amines) is 1. The van der Waals surface area contributed by atoms with Gasteiger partial charge >= 0.3 is 0 Å². The van der Waals surface area contributed by atoms with E-state index in [0.717, 1.165) is 50.5 Å². The third-order valence-electron chi connectivity index (χ3n) is 5.57. The number of hydrogen-bond donors (Lipinski definition) is 0. The zero-order chi connectivity index (χ0) is 18.1. The number of hydrogen-bond acceptors (Lipinski definition) is 3. The Morgan fingerprint density at radius 2 is 2.00 bits per heavy atom. The predicted octanol–water partition coefficient (Wildman–Crippen LogP) is 3.69. The summed E-state index contributed by atoms with van der Waals surface area (Å²) in [6.07, 6.45) is 8.28. The Morgan fingerprint density at radius 1 is 1.19 bits per heavy atom. The summed E-state index contributed by atoms with van der Waals surface area (Å²) in [6, 6.07) is 5.76. The lowest BCUT2D eigenvalue weighted by atomic mass is 9.96. The van der Waals surface area contributed by atoms with E-state index in [-0.39, 0.29) is 5.91 Å². The number of carbonyl (C=O) groups excluding carboxylic acids is 1. The van der Waals surface area contributed by atoms with Gasteiger partial charge in [-0.1, -0.05) is 11.6 Å². The van der Waals surface area contributed by atoms with Crippen LogP contribution in [0.2, 0.25) is 5.02 Å². The molecule has 0 spiro atoms. The Morgan fingerprint density at radius 3 is 2.69 bits per heavy atom. The number of rotatable bonds is 3. The lowest BCUT2D eigenvalue weighted by molar-refractivity contribution is 0.0703. The molecule has 26 heavy (non-hydrogen) atoms. The van der Waals surface area contributed by atoms with Crippen molar-refractivity contribution in [3.63, 3.8) is 0 Å². The van der Waals surface area contributed by atoms with Gasteiger partial charge in [0.05, 0.1) is 10.7 Å². The van der Waals surface area contributed by atoms with E-state index in [1.54, 1.807) is 0 Å². The Hall–Kier alpha value is -2.01. The second-order valence-electron chi connectivity index (χ2n) is 7.35. The minimum atomic E-state index is 0.0683. The first-order valence-electron chi connectivity index (χ1n) is 9.44. The highest BCUT2D eigenvalue weighted by molar-refractivity contribution is 6.33. The molecule has 3 heterocycles. The van der Waals surface area contributed by atoms with Crippen molar-refractivity contribution in [2.24, 2.45) is 7.05 Å². The van der Waals surface area contributed by atoms with Gasteiger partial charge in [-0.05, 0) is 43.9 Å². The van der Waals surface area contributed by atoms with Crippen LogP contribution in [0.25, 0.3) is 0 Å². The fourth-order valence-electron chi connectivity index (χ4n) is 4.18. The molecule has 5 nitrogen and oxygen atoms in total. The zero-order valence-electron chi connectivity index (χ0n) is 15.2. The van der Waals surface area contributed by atoms with Crippen LogP contribution in [0.15, 0.2) is 30.6 Å². The topological polar surface area (TPSA) is 41.4 Å². The quantitative estimate of drug-likeness (QED) is 0.825. The van der Waals surface area contributed by atoms with Crippen LogP contribution >= 0.6 is 11.6 Å². The first-order chi connectivity index (χ1) is 12.6. The number of anilines is 1. The molecule has 2 aliphatic rings. The molecule has 0 N–H and O–H groups in total. The third kappa shape index (κ3) is 3.32. The van der Waals surface area contributed by atoms with Gasteiger partial charge in [0.2, 0.25) is 0 Å². The first kappa shape index (κ1) is 17.4. The summed E-state index contributed by atoms with van der Waals surface area (Å²) in [5, 5.41) is 0.676. The molecule has 1 aromatic carbocycles. The Balaban J connectivity index is 1.50. The van der Waals surface area contributed by atoms with E-state index >= 15 is 0 Å². The van der Waals surface area contributed by atoms with Gasteiger partial charge in [-0.15, -0.1) is 0 Å². The van der Waals surface area contributed by atoms with Crippen LogP contribution in [0.4, 0.5) is 5.69 Å². The molecule has 2 saturated heterocycles. The van der Waals surface area contributed by atoms with E-state index in [1.807, 2.05) is 42.5 Å². The van der Waals surface area contributed by atoms with E-state index < -0.39 is 0 Å². The fraction of sp³-hybridized carbons (Fsp3) is 0.500. The molecule has 2 aromatic rings. The fourth-order valence-corrected chi connectivity index (χ4v) is 4.48. The van der Waals surface area contributed by atoms with E-state index in [1.165, 1.54) is 12.8 Å². The summed E-state index contributed by atoms with van der Waals surface area (Å²) < 4.78 is 2.06. The summed E-state index contributed by atoms with van der Waals surface area (Å²) >= 11 is 6.50. The molecule has 2 fully saturated rings. The van der Waals surface area contributed by atoms with Crippen molar-refractivity contribution in [3.8, 4) is 0 Å². The number of nitrogens with zero attached hydrogens (tertiary/aromatic N) is 4. The normalized spacial score (nSPS) is 20.6. The second-order valence-corrected chi connectivity index (χ2v) is 7.75. The Labute approximate surface area is 159 Å². The third-order valence-corrected chi connectivity index (χ3v) is 5.88. The molecule has 4 rings (SSSR count). The van der Waals surface area contributed by atoms with Crippen LogP contribution in [-0.4, -0.2) is 46.5 Å². The van der Waals surface area contributed by atoms with Crippen LogP contribution in [0.1, 0.15) is 47.8 Å². The number of amides is 1. The largest absolute Gasteiger partial charge is 0.370 e. The highest BCUT2D eigenvalue weighted by Crippen LogP contribution is 2.31. The van der Waals surface area contributed by atoms with Crippen LogP contribution in [0, 0.1) is 0 Å². The molecule has 138 valence electrons. The van der Waals surface area contributed by atoms with Gasteiger partial charge in [-0.2, -0.15) is 0 Å². The van der Waals surface area contributed by atoms with Gasteiger partial charge in [0.25, 0.3) is 5.91 Å². The van der Waals surface area contributed by atoms with Crippen LogP contribution in [0.3, 0.4) is 0 Å². The number of aromatic nitrogens is 2. The van der Waals surface area contributed by atoms with Crippen LogP contribution < -0.4 is 4.90 Å². The van der Waals surface area contributed by atoms with Crippen LogP contribution in [0.5, 0.6) is 0 Å².